The van der Waals surface area contributed by atoms with Gasteiger partial charge in [-0.15, -0.1) is 0 Å². The minimum absolute atomic E-state index is 0.175. The van der Waals surface area contributed by atoms with Gasteiger partial charge in [0.15, 0.2) is 6.10 Å². The first-order valence-corrected chi connectivity index (χ1v) is 31.1. The number of aliphatic hydroxyl groups excluding tert-OH is 1. The summed E-state index contributed by atoms with van der Waals surface area (Å²) in [5.41, 5.74) is 0. The van der Waals surface area contributed by atoms with Crippen molar-refractivity contribution < 1.29 is 52.2 Å². The molecule has 3 unspecified atom stereocenters. The summed E-state index contributed by atoms with van der Waals surface area (Å²) in [4.78, 5) is 48.5. The second kappa shape index (κ2) is 53.5. The number of phosphoric acid groups is 1. The molecule has 3 atom stereocenters. The summed E-state index contributed by atoms with van der Waals surface area (Å²) < 4.78 is 39.5. The predicted molar refractivity (Wildman–Crippen MR) is 289 cm³/mol. The van der Waals surface area contributed by atoms with E-state index in [1.165, 1.54) is 167 Å². The van der Waals surface area contributed by atoms with E-state index in [0.717, 1.165) is 77.0 Å². The zero-order valence-electron chi connectivity index (χ0n) is 45.8. The van der Waals surface area contributed by atoms with Crippen molar-refractivity contribution in [3.8, 4) is 0 Å². The molecule has 0 spiro atoms. The highest BCUT2D eigenvalue weighted by atomic mass is 31.2. The van der Waals surface area contributed by atoms with E-state index in [4.69, 9.17) is 23.3 Å². The number of aliphatic hydroxyl groups is 1. The van der Waals surface area contributed by atoms with Crippen molar-refractivity contribution >= 4 is 25.7 Å². The molecule has 12 heteroatoms. The fourth-order valence-corrected chi connectivity index (χ4v) is 9.43. The Balaban J connectivity index is 4.67. The second-order valence-corrected chi connectivity index (χ2v) is 21.6. The lowest BCUT2D eigenvalue weighted by Crippen LogP contribution is -2.30. The largest absolute Gasteiger partial charge is 0.472 e. The summed E-state index contributed by atoms with van der Waals surface area (Å²) in [6.45, 7) is 4.68. The van der Waals surface area contributed by atoms with Crippen LogP contribution in [0.25, 0.3) is 0 Å². The Morgan fingerprint density at radius 3 is 1.00 bits per heavy atom. The summed E-state index contributed by atoms with van der Waals surface area (Å²) >= 11 is 0. The first-order chi connectivity index (χ1) is 34.2. The highest BCUT2D eigenvalue weighted by Crippen LogP contribution is 2.43. The molecule has 0 aliphatic carbocycles. The molecule has 0 aromatic heterocycles. The number of allylic oxidation sites excluding steroid dienone is 2. The SMILES string of the molecule is CCCCCC/C=C\CCCCCCCC(=O)OCC(COP(=O)(O)OCC(CO)OC(=O)CCCCCCCCCCCCCCC)OC(=O)CCCCCCCCCCCCCCCCCCC. The smallest absolute Gasteiger partial charge is 0.462 e. The molecular formula is C58H111O11P. The van der Waals surface area contributed by atoms with E-state index in [0.29, 0.717) is 19.3 Å². The van der Waals surface area contributed by atoms with Crippen molar-refractivity contribution in [1.82, 2.24) is 0 Å². The normalized spacial score (nSPS) is 13.4. The molecule has 0 aliphatic rings. The molecule has 0 saturated carbocycles. The Kier molecular flexibility index (Phi) is 52.1. The summed E-state index contributed by atoms with van der Waals surface area (Å²) in [5.74, 6) is -1.44. The van der Waals surface area contributed by atoms with Crippen LogP contribution in [0.5, 0.6) is 0 Å². The molecule has 0 rings (SSSR count). The molecule has 11 nitrogen and oxygen atoms in total. The Hall–Kier alpha value is -1.78. The van der Waals surface area contributed by atoms with Gasteiger partial charge in [-0.3, -0.25) is 23.4 Å². The van der Waals surface area contributed by atoms with Crippen molar-refractivity contribution in [3.05, 3.63) is 12.2 Å². The lowest BCUT2D eigenvalue weighted by Gasteiger charge is -2.21. The molecular weight excluding hydrogens is 904 g/mol. The third kappa shape index (κ3) is 51.1. The summed E-state index contributed by atoms with van der Waals surface area (Å²) in [6, 6.07) is 0. The first kappa shape index (κ1) is 68.2. The molecule has 0 aliphatic heterocycles. The highest BCUT2D eigenvalue weighted by Gasteiger charge is 2.28. The van der Waals surface area contributed by atoms with Crippen molar-refractivity contribution in [2.45, 2.75) is 315 Å². The molecule has 70 heavy (non-hydrogen) atoms. The molecule has 414 valence electrons. The van der Waals surface area contributed by atoms with Crippen molar-refractivity contribution in [1.29, 1.82) is 0 Å². The average molecular weight is 1020 g/mol. The van der Waals surface area contributed by atoms with Crippen molar-refractivity contribution in [2.24, 2.45) is 0 Å². The highest BCUT2D eigenvalue weighted by molar-refractivity contribution is 7.47. The van der Waals surface area contributed by atoms with E-state index < -0.39 is 57.8 Å². The molecule has 0 saturated heterocycles. The van der Waals surface area contributed by atoms with Crippen molar-refractivity contribution in [2.75, 3.05) is 26.4 Å². The quantitative estimate of drug-likeness (QED) is 0.0197. The van der Waals surface area contributed by atoms with Gasteiger partial charge in [-0.1, -0.05) is 251 Å². The van der Waals surface area contributed by atoms with Gasteiger partial charge in [-0.2, -0.15) is 0 Å². The maximum absolute atomic E-state index is 12.9. The Bertz CT molecular complexity index is 1230. The molecule has 2 N–H and O–H groups in total. The second-order valence-electron chi connectivity index (χ2n) is 20.2. The zero-order valence-corrected chi connectivity index (χ0v) is 46.7. The van der Waals surface area contributed by atoms with Gasteiger partial charge >= 0.3 is 25.7 Å². The molecule has 0 heterocycles. The Labute approximate surface area is 430 Å². The van der Waals surface area contributed by atoms with Gasteiger partial charge in [-0.25, -0.2) is 4.57 Å². The Morgan fingerprint density at radius 1 is 0.386 bits per heavy atom. The van der Waals surface area contributed by atoms with Crippen LogP contribution in [0.3, 0.4) is 0 Å². The summed E-state index contributed by atoms with van der Waals surface area (Å²) in [7, 11) is -4.74. The monoisotopic (exact) mass is 1010 g/mol. The number of hydrogen-bond donors (Lipinski definition) is 2. The summed E-state index contributed by atoms with van der Waals surface area (Å²) in [6.07, 6.45) is 51.6. The molecule has 0 amide bonds. The third-order valence-corrected chi connectivity index (χ3v) is 14.1. The maximum atomic E-state index is 12.9. The lowest BCUT2D eigenvalue weighted by molar-refractivity contribution is -0.161. The van der Waals surface area contributed by atoms with E-state index in [1.807, 2.05) is 0 Å². The van der Waals surface area contributed by atoms with E-state index in [1.54, 1.807) is 0 Å². The average Bonchev–Trinajstić information content (AvgIpc) is 3.35. The minimum Gasteiger partial charge on any atom is -0.462 e. The van der Waals surface area contributed by atoms with Crippen LogP contribution in [-0.2, 0) is 42.2 Å². The lowest BCUT2D eigenvalue weighted by atomic mass is 10.0. The van der Waals surface area contributed by atoms with E-state index in [-0.39, 0.29) is 25.9 Å². The number of unbranched alkanes of at least 4 members (excludes halogenated alkanes) is 37. The van der Waals surface area contributed by atoms with Crippen LogP contribution in [0, 0.1) is 0 Å². The number of rotatable bonds is 56. The molecule has 0 aromatic carbocycles. The number of ether oxygens (including phenoxy) is 3. The first-order valence-electron chi connectivity index (χ1n) is 29.6. The minimum atomic E-state index is -4.74. The van der Waals surface area contributed by atoms with Gasteiger partial charge in [0.05, 0.1) is 19.8 Å². The number of hydrogen-bond acceptors (Lipinski definition) is 10. The van der Waals surface area contributed by atoms with Crippen LogP contribution in [-0.4, -0.2) is 66.5 Å². The standard InChI is InChI=1S/C58H111O11P/c1-4-7-10-13-16-19-22-25-26-27-28-31-34-37-40-43-46-49-58(62)69-55(51-65-56(60)47-44-41-38-35-32-29-23-20-17-14-11-8-5-2)53-67-70(63,64)66-52-54(50-59)68-57(61)48-45-42-39-36-33-30-24-21-18-15-12-9-6-3/h20,23,54-55,59H,4-19,21-22,24-53H2,1-3H3,(H,63,64)/b23-20-. The number of carbonyl (C=O) groups excluding carboxylic acids is 3. The molecule has 0 bridgehead atoms. The van der Waals surface area contributed by atoms with Crippen LogP contribution in [0.4, 0.5) is 0 Å². The Morgan fingerprint density at radius 2 is 0.657 bits per heavy atom. The topological polar surface area (TPSA) is 155 Å². The maximum Gasteiger partial charge on any atom is 0.472 e. The van der Waals surface area contributed by atoms with Gasteiger partial charge in [0.1, 0.15) is 12.7 Å². The zero-order chi connectivity index (χ0) is 51.3. The molecule has 0 fully saturated rings. The van der Waals surface area contributed by atoms with E-state index in [2.05, 4.69) is 32.9 Å². The number of phosphoric ester groups is 1. The fourth-order valence-electron chi connectivity index (χ4n) is 8.65. The van der Waals surface area contributed by atoms with E-state index in [9.17, 15) is 28.9 Å². The van der Waals surface area contributed by atoms with Crippen LogP contribution in [0.1, 0.15) is 303 Å². The predicted octanol–water partition coefficient (Wildman–Crippen LogP) is 17.3. The van der Waals surface area contributed by atoms with E-state index >= 15 is 0 Å². The van der Waals surface area contributed by atoms with Crippen molar-refractivity contribution in [3.63, 3.8) is 0 Å². The van der Waals surface area contributed by atoms with Crippen LogP contribution in [0.2, 0.25) is 0 Å². The number of carbonyl (C=O) groups is 3. The van der Waals surface area contributed by atoms with Crippen LogP contribution < -0.4 is 0 Å². The fraction of sp³-hybridized carbons (Fsp3) is 0.914. The molecule has 0 radical (unpaired) electrons. The van der Waals surface area contributed by atoms with Crippen LogP contribution in [0.15, 0.2) is 12.2 Å². The van der Waals surface area contributed by atoms with Gasteiger partial charge in [0, 0.05) is 19.3 Å². The van der Waals surface area contributed by atoms with Gasteiger partial charge in [-0.05, 0) is 44.9 Å². The van der Waals surface area contributed by atoms with Gasteiger partial charge in [0.2, 0.25) is 0 Å². The van der Waals surface area contributed by atoms with Crippen LogP contribution >= 0.6 is 7.82 Å². The summed E-state index contributed by atoms with van der Waals surface area (Å²) in [5, 5.41) is 9.80. The molecule has 0 aromatic rings. The number of esters is 3. The van der Waals surface area contributed by atoms with Gasteiger partial charge in [0.25, 0.3) is 0 Å². The van der Waals surface area contributed by atoms with Gasteiger partial charge < -0.3 is 24.2 Å². The third-order valence-electron chi connectivity index (χ3n) is 13.2.